The number of carbonyl (C=O) groups is 1. The van der Waals surface area contributed by atoms with Gasteiger partial charge in [-0.15, -0.1) is 0 Å². The maximum absolute atomic E-state index is 16.1. The van der Waals surface area contributed by atoms with Crippen molar-refractivity contribution in [3.8, 4) is 46.3 Å². The van der Waals surface area contributed by atoms with Crippen LogP contribution in [0, 0.1) is 17.0 Å². The molecule has 0 atom stereocenters. The van der Waals surface area contributed by atoms with E-state index in [0.29, 0.717) is 17.9 Å². The number of phenols is 1. The van der Waals surface area contributed by atoms with Crippen LogP contribution >= 0.6 is 0 Å². The Morgan fingerprint density at radius 2 is 1.67 bits per heavy atom. The van der Waals surface area contributed by atoms with Crippen molar-refractivity contribution in [2.45, 2.75) is 0 Å². The van der Waals surface area contributed by atoms with E-state index >= 15 is 8.78 Å². The van der Waals surface area contributed by atoms with E-state index in [1.165, 1.54) is 50.6 Å². The lowest BCUT2D eigenvalue weighted by Gasteiger charge is -2.17. The van der Waals surface area contributed by atoms with Crippen LogP contribution in [0.15, 0.2) is 65.7 Å². The lowest BCUT2D eigenvalue weighted by molar-refractivity contribution is 0.0387. The number of nitrogens with two attached hydrogens (primary N) is 1. The van der Waals surface area contributed by atoms with E-state index in [1.54, 1.807) is 24.3 Å². The van der Waals surface area contributed by atoms with Crippen molar-refractivity contribution >= 4 is 17.6 Å². The Morgan fingerprint density at radius 3 is 2.35 bits per heavy atom. The summed E-state index contributed by atoms with van der Waals surface area (Å²) in [4.78, 5) is 22.8. The maximum atomic E-state index is 16.1. The second-order valence-electron chi connectivity index (χ2n) is 10.2. The highest BCUT2D eigenvalue weighted by molar-refractivity contribution is 6.00. The van der Waals surface area contributed by atoms with Gasteiger partial charge in [-0.3, -0.25) is 10.4 Å². The Kier molecular flexibility index (Phi) is 10.2. The Bertz CT molecular complexity index is 1890. The number of methoxy groups -OCH3 is 2. The van der Waals surface area contributed by atoms with Gasteiger partial charge < -0.3 is 44.2 Å². The molecule has 0 unspecified atom stereocenters. The minimum atomic E-state index is -1.41. The number of hydrogen-bond acceptors (Lipinski definition) is 12. The third-order valence-electron chi connectivity index (χ3n) is 6.95. The molecule has 0 radical (unpaired) electrons. The van der Waals surface area contributed by atoms with Gasteiger partial charge in [0.15, 0.2) is 23.0 Å². The summed E-state index contributed by atoms with van der Waals surface area (Å²) in [5.74, 6) is -6.54. The molecule has 0 bridgehead atoms. The van der Waals surface area contributed by atoms with Crippen molar-refractivity contribution in [1.82, 2.24) is 9.88 Å². The topological polar surface area (TPSA) is 171 Å². The number of phenolic OH excluding ortho intramolecular Hbond substituents is 1. The molecule has 1 aliphatic heterocycles. The third kappa shape index (κ3) is 7.36. The number of benzene rings is 3. The van der Waals surface area contributed by atoms with Crippen LogP contribution in [0.5, 0.6) is 46.3 Å². The number of hydrogen-bond donors (Lipinski definition) is 3. The number of amidine groups is 2. The third-order valence-corrected chi connectivity index (χ3v) is 6.95. The molecule has 0 fully saturated rings. The van der Waals surface area contributed by atoms with E-state index in [0.717, 1.165) is 6.54 Å². The zero-order valence-electron chi connectivity index (χ0n) is 26.1. The number of esters is 1. The van der Waals surface area contributed by atoms with Gasteiger partial charge in [0.1, 0.15) is 24.0 Å². The van der Waals surface area contributed by atoms with Crippen LogP contribution in [-0.4, -0.2) is 80.2 Å². The Morgan fingerprint density at radius 1 is 0.938 bits per heavy atom. The van der Waals surface area contributed by atoms with Crippen molar-refractivity contribution in [2.75, 3.05) is 47.6 Å². The molecule has 0 spiro atoms. The predicted octanol–water partition coefficient (Wildman–Crippen LogP) is 5.23. The SMILES string of the molecule is COCCOC(=O)c1ccc(Oc2c(F)c(Oc3cccc(C4=NCCN4C)c3)nc(Oc3cc(C(=N)N)ccc3O)c2F)c(OC)c1. The quantitative estimate of drug-likeness (QED) is 0.0741. The van der Waals surface area contributed by atoms with Gasteiger partial charge in [0.2, 0.25) is 17.4 Å². The minimum absolute atomic E-state index is 0.00743. The summed E-state index contributed by atoms with van der Waals surface area (Å²) >= 11 is 0. The van der Waals surface area contributed by atoms with Crippen LogP contribution in [0.3, 0.4) is 0 Å². The number of carbonyl (C=O) groups excluding carboxylic acids is 1. The zero-order chi connectivity index (χ0) is 34.4. The first-order chi connectivity index (χ1) is 23.1. The molecule has 250 valence electrons. The molecule has 0 aliphatic carbocycles. The van der Waals surface area contributed by atoms with Gasteiger partial charge in [0.25, 0.3) is 11.8 Å². The maximum Gasteiger partial charge on any atom is 0.338 e. The summed E-state index contributed by atoms with van der Waals surface area (Å²) in [7, 11) is 4.62. The van der Waals surface area contributed by atoms with Crippen molar-refractivity contribution in [1.29, 1.82) is 5.41 Å². The Hall–Kier alpha value is -5.96. The molecule has 1 aliphatic rings. The van der Waals surface area contributed by atoms with Crippen LogP contribution in [0.4, 0.5) is 8.78 Å². The van der Waals surface area contributed by atoms with E-state index in [2.05, 4.69) is 9.98 Å². The van der Waals surface area contributed by atoms with E-state index < -0.39 is 40.9 Å². The number of nitrogen functional groups attached to an aromatic ring is 1. The van der Waals surface area contributed by atoms with Crippen molar-refractivity contribution in [2.24, 2.45) is 10.7 Å². The minimum Gasteiger partial charge on any atom is -0.504 e. The van der Waals surface area contributed by atoms with Crippen LogP contribution in [-0.2, 0) is 9.47 Å². The number of aromatic hydroxyl groups is 1. The Labute approximate surface area is 273 Å². The molecule has 4 N–H and O–H groups in total. The van der Waals surface area contributed by atoms with Gasteiger partial charge >= 0.3 is 5.97 Å². The summed E-state index contributed by atoms with van der Waals surface area (Å²) in [6.45, 7) is 1.54. The van der Waals surface area contributed by atoms with Crippen molar-refractivity contribution in [3.05, 3.63) is 89.0 Å². The fraction of sp³-hybridized carbons (Fsp3) is 0.212. The summed E-state index contributed by atoms with van der Waals surface area (Å²) in [6, 6.07) is 14.2. The first kappa shape index (κ1) is 33.4. The molecule has 4 aromatic rings. The van der Waals surface area contributed by atoms with E-state index in [-0.39, 0.29) is 53.2 Å². The fourth-order valence-electron chi connectivity index (χ4n) is 4.52. The van der Waals surface area contributed by atoms with E-state index in [4.69, 9.17) is 39.6 Å². The first-order valence-electron chi connectivity index (χ1n) is 14.4. The number of likely N-dealkylation sites (N-methyl/N-ethyl adjacent to an activating group) is 1. The zero-order valence-corrected chi connectivity index (χ0v) is 26.1. The molecule has 1 aromatic heterocycles. The number of pyridine rings is 1. The number of halogens is 2. The molecule has 2 heterocycles. The highest BCUT2D eigenvalue weighted by Gasteiger charge is 2.28. The van der Waals surface area contributed by atoms with Crippen LogP contribution < -0.4 is 24.7 Å². The molecule has 5 rings (SSSR count). The number of nitrogens with zero attached hydrogens (tertiary/aromatic N) is 3. The van der Waals surface area contributed by atoms with Gasteiger partial charge in [-0.05, 0) is 48.5 Å². The van der Waals surface area contributed by atoms with Gasteiger partial charge in [0.05, 0.1) is 25.8 Å². The smallest absolute Gasteiger partial charge is 0.338 e. The molecular formula is C33H31F2N5O8. The normalized spacial score (nSPS) is 12.4. The number of ether oxygens (including phenoxy) is 6. The van der Waals surface area contributed by atoms with E-state index in [1.807, 2.05) is 11.9 Å². The lowest BCUT2D eigenvalue weighted by atomic mass is 10.2. The molecule has 13 nitrogen and oxygen atoms in total. The van der Waals surface area contributed by atoms with Gasteiger partial charge in [-0.2, -0.15) is 13.8 Å². The van der Waals surface area contributed by atoms with Crippen molar-refractivity contribution < 1.29 is 47.1 Å². The molecule has 0 amide bonds. The van der Waals surface area contributed by atoms with Crippen LogP contribution in [0.1, 0.15) is 21.5 Å². The van der Waals surface area contributed by atoms with Crippen LogP contribution in [0.25, 0.3) is 0 Å². The first-order valence-corrected chi connectivity index (χ1v) is 14.4. The van der Waals surface area contributed by atoms with Gasteiger partial charge in [-0.25, -0.2) is 4.79 Å². The number of aromatic nitrogens is 1. The standard InChI is InChI=1S/C33H31F2N5O8/c1-40-12-11-38-30(40)19-5-4-6-21(15-19)46-31-26(34)28(27(35)32(39-31)48-24-16-18(29(36)37)7-9-22(24)41)47-23-10-8-20(17-25(23)44-3)33(42)45-14-13-43-2/h4-10,15-17,41H,11-14H2,1-3H3,(H3,36,37). The predicted molar refractivity (Wildman–Crippen MR) is 169 cm³/mol. The number of rotatable bonds is 13. The largest absolute Gasteiger partial charge is 0.504 e. The average molecular weight is 664 g/mol. The van der Waals surface area contributed by atoms with Gasteiger partial charge in [-0.1, -0.05) is 12.1 Å². The summed E-state index contributed by atoms with van der Waals surface area (Å²) in [5, 5.41) is 18.1. The highest BCUT2D eigenvalue weighted by Crippen LogP contribution is 2.43. The monoisotopic (exact) mass is 663 g/mol. The fourth-order valence-corrected chi connectivity index (χ4v) is 4.52. The molecule has 0 saturated carbocycles. The Balaban J connectivity index is 1.55. The summed E-state index contributed by atoms with van der Waals surface area (Å²) in [6.07, 6.45) is 0. The second-order valence-corrected chi connectivity index (χ2v) is 10.2. The molecule has 48 heavy (non-hydrogen) atoms. The highest BCUT2D eigenvalue weighted by atomic mass is 19.1. The number of nitrogens with one attached hydrogen (secondary N) is 1. The van der Waals surface area contributed by atoms with E-state index in [9.17, 15) is 9.90 Å². The van der Waals surface area contributed by atoms with Crippen LogP contribution in [0.2, 0.25) is 0 Å². The number of aliphatic imine (C=N–C) groups is 1. The average Bonchev–Trinajstić information content (AvgIpc) is 3.51. The summed E-state index contributed by atoms with van der Waals surface area (Å²) < 4.78 is 64.5. The molecular weight excluding hydrogens is 632 g/mol. The second kappa shape index (κ2) is 14.6. The molecule has 0 saturated heterocycles. The molecule has 3 aromatic carbocycles. The molecule has 15 heteroatoms. The van der Waals surface area contributed by atoms with Gasteiger partial charge in [0, 0.05) is 31.8 Å². The summed E-state index contributed by atoms with van der Waals surface area (Å²) in [5.41, 5.74) is 6.49. The van der Waals surface area contributed by atoms with Crippen molar-refractivity contribution in [3.63, 3.8) is 0 Å². The lowest BCUT2D eigenvalue weighted by Crippen LogP contribution is -2.23.